The Hall–Kier alpha value is -1.26. The molecule has 5 heteroatoms. The normalized spacial score (nSPS) is 19.3. The van der Waals surface area contributed by atoms with Gasteiger partial charge >= 0.3 is 0 Å². The molecule has 0 aliphatic carbocycles. The van der Waals surface area contributed by atoms with E-state index in [1.54, 1.807) is 0 Å². The zero-order valence-corrected chi connectivity index (χ0v) is 14.3. The minimum absolute atomic E-state index is 0.433. The molecule has 0 radical (unpaired) electrons. The number of halogens is 1. The van der Waals surface area contributed by atoms with Gasteiger partial charge in [-0.15, -0.1) is 0 Å². The number of anilines is 1. The third kappa shape index (κ3) is 3.08. The van der Waals surface area contributed by atoms with Gasteiger partial charge in [-0.25, -0.2) is 0 Å². The zero-order valence-electron chi connectivity index (χ0n) is 13.5. The smallest absolute Gasteiger partial charge is 0.298 e. The van der Waals surface area contributed by atoms with Gasteiger partial charge in [-0.05, 0) is 36.5 Å². The van der Waals surface area contributed by atoms with Crippen LogP contribution in [0.2, 0.25) is 5.02 Å². The number of aromatic nitrogens is 1. The Kier molecular flexibility index (Phi) is 4.59. The number of nitrogens with one attached hydrogen (secondary N) is 1. The van der Waals surface area contributed by atoms with E-state index in [-0.39, 0.29) is 0 Å². The minimum Gasteiger partial charge on any atom is -0.423 e. The van der Waals surface area contributed by atoms with Crippen LogP contribution in [-0.2, 0) is 6.42 Å². The molecule has 1 unspecified atom stereocenters. The van der Waals surface area contributed by atoms with E-state index in [9.17, 15) is 0 Å². The Labute approximate surface area is 136 Å². The SMILES string of the molecule is CCc1cc(Cl)cc2nc(N3CCNCC3CC(C)C)oc12. The van der Waals surface area contributed by atoms with E-state index >= 15 is 0 Å². The fourth-order valence-corrected chi connectivity index (χ4v) is 3.44. The number of nitrogens with zero attached hydrogens (tertiary/aromatic N) is 2. The van der Waals surface area contributed by atoms with Crippen molar-refractivity contribution in [2.45, 2.75) is 39.7 Å². The highest BCUT2D eigenvalue weighted by Gasteiger charge is 2.27. The van der Waals surface area contributed by atoms with Gasteiger partial charge in [0.1, 0.15) is 5.52 Å². The average Bonchev–Trinajstić information content (AvgIpc) is 2.89. The molecule has 0 amide bonds. The summed E-state index contributed by atoms with van der Waals surface area (Å²) in [5.74, 6) is 0.650. The highest BCUT2D eigenvalue weighted by molar-refractivity contribution is 6.31. The molecule has 1 aromatic carbocycles. The predicted octanol–water partition coefficient (Wildman–Crippen LogP) is 3.87. The molecule has 22 heavy (non-hydrogen) atoms. The lowest BCUT2D eigenvalue weighted by atomic mass is 10.0. The van der Waals surface area contributed by atoms with Gasteiger partial charge in [0.25, 0.3) is 6.01 Å². The van der Waals surface area contributed by atoms with Gasteiger partial charge in [0.2, 0.25) is 0 Å². The first-order valence-electron chi connectivity index (χ1n) is 8.14. The number of aryl methyl sites for hydroxylation is 1. The Bertz CT molecular complexity index is 653. The van der Waals surface area contributed by atoms with E-state index in [0.29, 0.717) is 12.0 Å². The molecular formula is C17H24ClN3O. The van der Waals surface area contributed by atoms with Crippen molar-refractivity contribution in [1.29, 1.82) is 0 Å². The van der Waals surface area contributed by atoms with Crippen molar-refractivity contribution in [3.63, 3.8) is 0 Å². The molecule has 2 aromatic rings. The molecule has 4 nitrogen and oxygen atoms in total. The van der Waals surface area contributed by atoms with Crippen LogP contribution in [0.4, 0.5) is 6.01 Å². The van der Waals surface area contributed by atoms with Crippen LogP contribution in [0, 0.1) is 5.92 Å². The summed E-state index contributed by atoms with van der Waals surface area (Å²) in [6, 6.07) is 5.03. The van der Waals surface area contributed by atoms with E-state index in [1.807, 2.05) is 12.1 Å². The summed E-state index contributed by atoms with van der Waals surface area (Å²) in [6.07, 6.45) is 2.02. The van der Waals surface area contributed by atoms with Crippen molar-refractivity contribution in [2.75, 3.05) is 24.5 Å². The van der Waals surface area contributed by atoms with E-state index in [4.69, 9.17) is 21.0 Å². The number of hydrogen-bond donors (Lipinski definition) is 1. The van der Waals surface area contributed by atoms with Gasteiger partial charge in [0, 0.05) is 30.7 Å². The summed E-state index contributed by atoms with van der Waals surface area (Å²) in [6.45, 7) is 9.51. The Morgan fingerprint density at radius 1 is 1.45 bits per heavy atom. The van der Waals surface area contributed by atoms with Crippen LogP contribution in [0.1, 0.15) is 32.8 Å². The minimum atomic E-state index is 0.433. The average molecular weight is 322 g/mol. The molecule has 1 atom stereocenters. The van der Waals surface area contributed by atoms with E-state index < -0.39 is 0 Å². The summed E-state index contributed by atoms with van der Waals surface area (Å²) in [7, 11) is 0. The number of fused-ring (bicyclic) bond motifs is 1. The topological polar surface area (TPSA) is 41.3 Å². The zero-order chi connectivity index (χ0) is 15.7. The van der Waals surface area contributed by atoms with Gasteiger partial charge in [-0.1, -0.05) is 32.4 Å². The molecule has 120 valence electrons. The largest absolute Gasteiger partial charge is 0.423 e. The second-order valence-corrected chi connectivity index (χ2v) is 6.88. The standard InChI is InChI=1S/C17H24ClN3O/c1-4-12-8-13(18)9-15-16(12)22-17(20-15)21-6-5-19-10-14(21)7-11(2)3/h8-9,11,14,19H,4-7,10H2,1-3H3. The van der Waals surface area contributed by atoms with Gasteiger partial charge in [0.15, 0.2) is 5.58 Å². The molecule has 1 aliphatic rings. The number of piperazine rings is 1. The van der Waals surface area contributed by atoms with Crippen LogP contribution in [0.15, 0.2) is 16.5 Å². The monoisotopic (exact) mass is 321 g/mol. The molecule has 1 saturated heterocycles. The molecule has 1 N–H and O–H groups in total. The van der Waals surface area contributed by atoms with Crippen LogP contribution in [-0.4, -0.2) is 30.7 Å². The number of benzene rings is 1. The lowest BCUT2D eigenvalue weighted by Gasteiger charge is -2.36. The van der Waals surface area contributed by atoms with Crippen LogP contribution in [0.3, 0.4) is 0 Å². The van der Waals surface area contributed by atoms with Crippen molar-refractivity contribution >= 4 is 28.7 Å². The number of oxazole rings is 1. The number of rotatable bonds is 4. The van der Waals surface area contributed by atoms with E-state index in [2.05, 4.69) is 31.0 Å². The fraction of sp³-hybridized carbons (Fsp3) is 0.588. The maximum atomic E-state index is 6.19. The molecule has 1 aromatic heterocycles. The quantitative estimate of drug-likeness (QED) is 0.928. The Morgan fingerprint density at radius 2 is 2.27 bits per heavy atom. The molecule has 0 bridgehead atoms. The highest BCUT2D eigenvalue weighted by Crippen LogP contribution is 2.30. The molecule has 1 aliphatic heterocycles. The number of hydrogen-bond acceptors (Lipinski definition) is 4. The summed E-state index contributed by atoms with van der Waals surface area (Å²) in [5.41, 5.74) is 2.86. The Balaban J connectivity index is 1.97. The van der Waals surface area contributed by atoms with Crippen molar-refractivity contribution < 1.29 is 4.42 Å². The van der Waals surface area contributed by atoms with Crippen molar-refractivity contribution in [3.8, 4) is 0 Å². The van der Waals surface area contributed by atoms with Gasteiger partial charge in [-0.3, -0.25) is 0 Å². The first kappa shape index (κ1) is 15.6. The second kappa shape index (κ2) is 6.47. The van der Waals surface area contributed by atoms with Crippen LogP contribution in [0.5, 0.6) is 0 Å². The van der Waals surface area contributed by atoms with Crippen molar-refractivity contribution in [1.82, 2.24) is 10.3 Å². The fourth-order valence-electron chi connectivity index (χ4n) is 3.21. The van der Waals surface area contributed by atoms with E-state index in [1.165, 1.54) is 0 Å². The summed E-state index contributed by atoms with van der Waals surface area (Å²) in [4.78, 5) is 7.02. The van der Waals surface area contributed by atoms with Crippen LogP contribution >= 0.6 is 11.6 Å². The molecular weight excluding hydrogens is 298 g/mol. The Morgan fingerprint density at radius 3 is 3.00 bits per heavy atom. The molecule has 2 heterocycles. The third-order valence-corrected chi connectivity index (χ3v) is 4.46. The van der Waals surface area contributed by atoms with Crippen molar-refractivity contribution in [3.05, 3.63) is 22.7 Å². The van der Waals surface area contributed by atoms with E-state index in [0.717, 1.165) is 60.2 Å². The lowest BCUT2D eigenvalue weighted by Crippen LogP contribution is -2.52. The molecule has 3 rings (SSSR count). The lowest BCUT2D eigenvalue weighted by molar-refractivity contribution is 0.385. The van der Waals surface area contributed by atoms with Crippen LogP contribution < -0.4 is 10.2 Å². The molecule has 0 spiro atoms. The first-order chi connectivity index (χ1) is 10.6. The van der Waals surface area contributed by atoms with Crippen molar-refractivity contribution in [2.24, 2.45) is 5.92 Å². The maximum absolute atomic E-state index is 6.19. The first-order valence-corrected chi connectivity index (χ1v) is 8.52. The molecule has 1 fully saturated rings. The highest BCUT2D eigenvalue weighted by atomic mass is 35.5. The van der Waals surface area contributed by atoms with Crippen LogP contribution in [0.25, 0.3) is 11.1 Å². The third-order valence-electron chi connectivity index (χ3n) is 4.24. The summed E-state index contributed by atoms with van der Waals surface area (Å²) >= 11 is 6.19. The maximum Gasteiger partial charge on any atom is 0.298 e. The van der Waals surface area contributed by atoms with Gasteiger partial charge in [-0.2, -0.15) is 4.98 Å². The van der Waals surface area contributed by atoms with Gasteiger partial charge in [0.05, 0.1) is 0 Å². The summed E-state index contributed by atoms with van der Waals surface area (Å²) in [5, 5.41) is 4.20. The predicted molar refractivity (Wildman–Crippen MR) is 91.9 cm³/mol. The van der Waals surface area contributed by atoms with Gasteiger partial charge < -0.3 is 14.6 Å². The molecule has 0 saturated carbocycles. The summed E-state index contributed by atoms with van der Waals surface area (Å²) < 4.78 is 6.12. The second-order valence-electron chi connectivity index (χ2n) is 6.44.